The van der Waals surface area contributed by atoms with E-state index in [1.807, 2.05) is 24.3 Å². The third kappa shape index (κ3) is 6.51. The molecule has 0 aromatic carbocycles. The lowest BCUT2D eigenvalue weighted by Gasteiger charge is -2.21. The third-order valence-corrected chi connectivity index (χ3v) is 3.38. The Morgan fingerprint density at radius 2 is 2.25 bits per heavy atom. The quantitative estimate of drug-likeness (QED) is 0.434. The van der Waals surface area contributed by atoms with E-state index >= 15 is 0 Å². The summed E-state index contributed by atoms with van der Waals surface area (Å²) in [5.74, 6) is 0.773. The Morgan fingerprint density at radius 3 is 2.75 bits per heavy atom. The van der Waals surface area contributed by atoms with Crippen molar-refractivity contribution in [2.45, 2.75) is 19.9 Å². The lowest BCUT2D eigenvalue weighted by molar-refractivity contribution is -0.120. The number of hydrogen-bond acceptors (Lipinski definition) is 4. The maximum absolute atomic E-state index is 11.1. The summed E-state index contributed by atoms with van der Waals surface area (Å²) in [6.45, 7) is 3.25. The molecule has 1 aromatic heterocycles. The van der Waals surface area contributed by atoms with Crippen molar-refractivity contribution < 1.29 is 4.79 Å². The van der Waals surface area contributed by atoms with Gasteiger partial charge in [0.1, 0.15) is 0 Å². The molecule has 114 valence electrons. The summed E-state index contributed by atoms with van der Waals surface area (Å²) < 4.78 is 0. The van der Waals surface area contributed by atoms with Gasteiger partial charge in [-0.3, -0.25) is 9.79 Å². The largest absolute Gasteiger partial charge is 0.359 e. The SMILES string of the molecule is CN=C(NCCC(=O)NC)N(C)Cc1csc(C)n1.I. The van der Waals surface area contributed by atoms with Crippen molar-refractivity contribution in [3.05, 3.63) is 16.1 Å². The lowest BCUT2D eigenvalue weighted by atomic mass is 10.4. The fourth-order valence-corrected chi connectivity index (χ4v) is 2.20. The van der Waals surface area contributed by atoms with Gasteiger partial charge in [0.15, 0.2) is 5.96 Å². The van der Waals surface area contributed by atoms with Crippen LogP contribution in [0.1, 0.15) is 17.1 Å². The molecule has 0 saturated carbocycles. The minimum Gasteiger partial charge on any atom is -0.359 e. The van der Waals surface area contributed by atoms with Gasteiger partial charge in [-0.2, -0.15) is 0 Å². The molecule has 0 spiro atoms. The first-order valence-corrected chi connectivity index (χ1v) is 6.98. The number of nitrogens with zero attached hydrogens (tertiary/aromatic N) is 3. The van der Waals surface area contributed by atoms with Gasteiger partial charge in [0.05, 0.1) is 17.2 Å². The molecule has 1 amide bonds. The number of nitrogens with one attached hydrogen (secondary N) is 2. The number of thiazole rings is 1. The first kappa shape index (κ1) is 19.1. The zero-order valence-corrected chi connectivity index (χ0v) is 15.4. The van der Waals surface area contributed by atoms with Crippen LogP contribution in [-0.4, -0.2) is 49.4 Å². The number of aliphatic imine (C=N–C) groups is 1. The Hall–Kier alpha value is -0.900. The highest BCUT2D eigenvalue weighted by molar-refractivity contribution is 14.0. The molecule has 0 atom stereocenters. The Bertz CT molecular complexity index is 449. The minimum absolute atomic E-state index is 0. The van der Waals surface area contributed by atoms with Crippen molar-refractivity contribution in [2.24, 2.45) is 4.99 Å². The summed E-state index contributed by atoms with van der Waals surface area (Å²) in [7, 11) is 5.31. The number of hydrogen-bond donors (Lipinski definition) is 2. The van der Waals surface area contributed by atoms with Gasteiger partial charge in [0.25, 0.3) is 0 Å². The molecular formula is C12H22IN5OS. The van der Waals surface area contributed by atoms with Gasteiger partial charge in [-0.05, 0) is 6.92 Å². The predicted molar refractivity (Wildman–Crippen MR) is 93.8 cm³/mol. The molecule has 1 aromatic rings. The Morgan fingerprint density at radius 1 is 1.55 bits per heavy atom. The Kier molecular flexibility index (Phi) is 9.47. The highest BCUT2D eigenvalue weighted by Crippen LogP contribution is 2.09. The van der Waals surface area contributed by atoms with Crippen LogP contribution in [0, 0.1) is 6.92 Å². The van der Waals surface area contributed by atoms with Crippen molar-refractivity contribution in [3.63, 3.8) is 0 Å². The number of carbonyl (C=O) groups is 1. The predicted octanol–water partition coefficient (Wildman–Crippen LogP) is 1.21. The molecule has 0 saturated heterocycles. The summed E-state index contributed by atoms with van der Waals surface area (Å²) >= 11 is 1.64. The van der Waals surface area contributed by atoms with E-state index < -0.39 is 0 Å². The Labute approximate surface area is 141 Å². The highest BCUT2D eigenvalue weighted by atomic mass is 127. The topological polar surface area (TPSA) is 69.6 Å². The smallest absolute Gasteiger partial charge is 0.221 e. The van der Waals surface area contributed by atoms with Crippen molar-refractivity contribution >= 4 is 47.2 Å². The second kappa shape index (κ2) is 9.92. The number of halogens is 1. The van der Waals surface area contributed by atoms with E-state index in [4.69, 9.17) is 0 Å². The van der Waals surface area contributed by atoms with Crippen LogP contribution in [0.3, 0.4) is 0 Å². The van der Waals surface area contributed by atoms with Crippen molar-refractivity contribution in [3.8, 4) is 0 Å². The van der Waals surface area contributed by atoms with E-state index in [0.29, 0.717) is 19.5 Å². The summed E-state index contributed by atoms with van der Waals surface area (Å²) in [5, 5.41) is 8.85. The van der Waals surface area contributed by atoms with Crippen LogP contribution in [0.25, 0.3) is 0 Å². The van der Waals surface area contributed by atoms with Gasteiger partial charge in [0.2, 0.25) is 5.91 Å². The van der Waals surface area contributed by atoms with Crippen LogP contribution in [0.5, 0.6) is 0 Å². The van der Waals surface area contributed by atoms with E-state index in [1.165, 1.54) is 0 Å². The van der Waals surface area contributed by atoms with E-state index in [9.17, 15) is 4.79 Å². The number of aromatic nitrogens is 1. The van der Waals surface area contributed by atoms with Gasteiger partial charge in [-0.1, -0.05) is 0 Å². The first-order chi connectivity index (χ1) is 9.06. The molecule has 0 radical (unpaired) electrons. The van der Waals surface area contributed by atoms with Crippen molar-refractivity contribution in [2.75, 3.05) is 27.7 Å². The van der Waals surface area contributed by atoms with Crippen molar-refractivity contribution in [1.82, 2.24) is 20.5 Å². The Balaban J connectivity index is 0.00000361. The fourth-order valence-electron chi connectivity index (χ4n) is 1.60. The average molecular weight is 411 g/mol. The van der Waals surface area contributed by atoms with Crippen LogP contribution < -0.4 is 10.6 Å². The second-order valence-corrected chi connectivity index (χ2v) is 5.17. The number of aryl methyl sites for hydroxylation is 1. The van der Waals surface area contributed by atoms with Gasteiger partial charge in [-0.25, -0.2) is 4.98 Å². The summed E-state index contributed by atoms with van der Waals surface area (Å²) in [6, 6.07) is 0. The average Bonchev–Trinajstić information content (AvgIpc) is 2.79. The fraction of sp³-hybridized carbons (Fsp3) is 0.583. The van der Waals surface area contributed by atoms with Gasteiger partial charge >= 0.3 is 0 Å². The van der Waals surface area contributed by atoms with E-state index in [2.05, 4.69) is 20.6 Å². The first-order valence-electron chi connectivity index (χ1n) is 6.10. The lowest BCUT2D eigenvalue weighted by Crippen LogP contribution is -2.40. The van der Waals surface area contributed by atoms with Crippen LogP contribution in [0.2, 0.25) is 0 Å². The van der Waals surface area contributed by atoms with E-state index in [0.717, 1.165) is 16.7 Å². The zero-order valence-electron chi connectivity index (χ0n) is 12.3. The molecule has 2 N–H and O–H groups in total. The van der Waals surface area contributed by atoms with Gasteiger partial charge in [-0.15, -0.1) is 35.3 Å². The minimum atomic E-state index is 0. The van der Waals surface area contributed by atoms with Crippen LogP contribution in [-0.2, 0) is 11.3 Å². The molecule has 20 heavy (non-hydrogen) atoms. The maximum atomic E-state index is 11.1. The zero-order chi connectivity index (χ0) is 14.3. The second-order valence-electron chi connectivity index (χ2n) is 4.11. The van der Waals surface area contributed by atoms with Crippen LogP contribution >= 0.6 is 35.3 Å². The van der Waals surface area contributed by atoms with Crippen LogP contribution in [0.4, 0.5) is 0 Å². The molecule has 1 rings (SSSR count). The molecule has 0 aliphatic heterocycles. The molecule has 0 aliphatic carbocycles. The molecule has 0 aliphatic rings. The monoisotopic (exact) mass is 411 g/mol. The number of amides is 1. The van der Waals surface area contributed by atoms with Crippen molar-refractivity contribution in [1.29, 1.82) is 0 Å². The molecule has 6 nitrogen and oxygen atoms in total. The molecule has 8 heteroatoms. The third-order valence-electron chi connectivity index (χ3n) is 2.55. The normalized spacial score (nSPS) is 10.7. The maximum Gasteiger partial charge on any atom is 0.221 e. The van der Waals surface area contributed by atoms with Gasteiger partial charge in [0, 0.05) is 39.5 Å². The molecular weight excluding hydrogens is 389 g/mol. The molecule has 1 heterocycles. The van der Waals surface area contributed by atoms with E-state index in [-0.39, 0.29) is 29.9 Å². The molecule has 0 fully saturated rings. The summed E-state index contributed by atoms with van der Waals surface area (Å²) in [4.78, 5) is 21.7. The summed E-state index contributed by atoms with van der Waals surface area (Å²) in [6.07, 6.45) is 0.430. The standard InChI is InChI=1S/C12H21N5OS.HI/c1-9-16-10(8-19-9)7-17(4)12(14-3)15-6-5-11(18)13-2;/h8H,5-7H2,1-4H3,(H,13,18)(H,14,15);1H. The number of carbonyl (C=O) groups excluding carboxylic acids is 1. The van der Waals surface area contributed by atoms with E-state index in [1.54, 1.807) is 25.4 Å². The van der Waals surface area contributed by atoms with Gasteiger partial charge < -0.3 is 15.5 Å². The summed E-state index contributed by atoms with van der Waals surface area (Å²) in [5.41, 5.74) is 1.03. The molecule has 0 unspecified atom stereocenters. The highest BCUT2D eigenvalue weighted by Gasteiger charge is 2.08. The van der Waals surface area contributed by atoms with Crippen LogP contribution in [0.15, 0.2) is 10.4 Å². The number of guanidine groups is 1. The number of rotatable bonds is 5. The molecule has 0 bridgehead atoms.